The second-order valence-corrected chi connectivity index (χ2v) is 4.28. The molecule has 0 unspecified atom stereocenters. The molecule has 2 aliphatic rings. The highest BCUT2D eigenvalue weighted by molar-refractivity contribution is 6.51. The summed E-state index contributed by atoms with van der Waals surface area (Å²) in [5, 5.41) is 0. The molecule has 2 fully saturated rings. The number of allylic oxidation sites excluding steroid dienone is 1. The van der Waals surface area contributed by atoms with Gasteiger partial charge in [-0.25, -0.2) is 0 Å². The molecule has 2 rings (SSSR count). The van der Waals surface area contributed by atoms with Gasteiger partial charge in [0.1, 0.15) is 0 Å². The normalized spacial score (nSPS) is 28.7. The fourth-order valence-corrected chi connectivity index (χ4v) is 1.30. The highest BCUT2D eigenvalue weighted by Crippen LogP contribution is 2.30. The van der Waals surface area contributed by atoms with Crippen LogP contribution in [0.5, 0.6) is 0 Å². The topological polar surface area (TPSA) is 18.5 Å². The zero-order chi connectivity index (χ0) is 8.60. The van der Waals surface area contributed by atoms with Crippen molar-refractivity contribution in [1.29, 1.82) is 0 Å². The third kappa shape index (κ3) is 2.11. The molecule has 0 amide bonds. The van der Waals surface area contributed by atoms with Crippen LogP contribution < -0.4 is 0 Å². The number of hydrogen-bond donors (Lipinski definition) is 0. The van der Waals surface area contributed by atoms with E-state index in [-0.39, 0.29) is 12.7 Å². The maximum absolute atomic E-state index is 5.62. The van der Waals surface area contributed by atoms with Crippen molar-refractivity contribution in [2.45, 2.75) is 32.3 Å². The molecule has 1 saturated carbocycles. The molecular formula is C9H15BO2. The average molecular weight is 166 g/mol. The van der Waals surface area contributed by atoms with Crippen LogP contribution in [0.25, 0.3) is 0 Å². The van der Waals surface area contributed by atoms with E-state index in [1.165, 1.54) is 12.8 Å². The summed E-state index contributed by atoms with van der Waals surface area (Å²) in [4.78, 5) is 0. The van der Waals surface area contributed by atoms with Crippen LogP contribution in [0, 0.1) is 5.92 Å². The molecule has 1 aliphatic carbocycles. The Labute approximate surface area is 74.1 Å². The van der Waals surface area contributed by atoms with Gasteiger partial charge in [-0.2, -0.15) is 0 Å². The van der Waals surface area contributed by atoms with E-state index in [2.05, 4.69) is 19.9 Å². The maximum atomic E-state index is 5.62. The van der Waals surface area contributed by atoms with Gasteiger partial charge in [0, 0.05) is 0 Å². The number of hydrogen-bond acceptors (Lipinski definition) is 2. The highest BCUT2D eigenvalue weighted by Gasteiger charge is 2.35. The van der Waals surface area contributed by atoms with Gasteiger partial charge in [-0.3, -0.25) is 0 Å². The van der Waals surface area contributed by atoms with Crippen molar-refractivity contribution in [3.8, 4) is 0 Å². The van der Waals surface area contributed by atoms with E-state index >= 15 is 0 Å². The molecule has 0 aromatic heterocycles. The SMILES string of the molecule is CC1(C)COB(/C=C/C2CC2)O1. The van der Waals surface area contributed by atoms with E-state index in [1.54, 1.807) is 0 Å². The predicted octanol–water partition coefficient (Wildman–Crippen LogP) is 1.81. The highest BCUT2D eigenvalue weighted by atomic mass is 16.7. The maximum Gasteiger partial charge on any atom is 0.486 e. The van der Waals surface area contributed by atoms with Gasteiger partial charge >= 0.3 is 7.12 Å². The van der Waals surface area contributed by atoms with Gasteiger partial charge in [-0.05, 0) is 32.6 Å². The van der Waals surface area contributed by atoms with Crippen LogP contribution in [-0.4, -0.2) is 19.3 Å². The molecule has 0 atom stereocenters. The van der Waals surface area contributed by atoms with Crippen LogP contribution in [0.2, 0.25) is 0 Å². The smallest absolute Gasteiger partial charge is 0.405 e. The zero-order valence-electron chi connectivity index (χ0n) is 7.75. The van der Waals surface area contributed by atoms with Crippen LogP contribution in [0.15, 0.2) is 12.1 Å². The van der Waals surface area contributed by atoms with E-state index in [9.17, 15) is 0 Å². The Balaban J connectivity index is 1.82. The molecular weight excluding hydrogens is 151 g/mol. The lowest BCUT2D eigenvalue weighted by atomic mass is 9.89. The van der Waals surface area contributed by atoms with Crippen molar-refractivity contribution in [3.63, 3.8) is 0 Å². The average Bonchev–Trinajstić information content (AvgIpc) is 2.74. The molecule has 2 nitrogen and oxygen atoms in total. The van der Waals surface area contributed by atoms with Crippen molar-refractivity contribution >= 4 is 7.12 Å². The van der Waals surface area contributed by atoms with Gasteiger partial charge < -0.3 is 9.31 Å². The first-order chi connectivity index (χ1) is 5.66. The molecule has 0 aromatic carbocycles. The molecule has 1 aliphatic heterocycles. The molecule has 0 radical (unpaired) electrons. The molecule has 0 bridgehead atoms. The van der Waals surface area contributed by atoms with Crippen LogP contribution in [-0.2, 0) is 9.31 Å². The van der Waals surface area contributed by atoms with E-state index in [0.717, 1.165) is 5.92 Å². The largest absolute Gasteiger partial charge is 0.486 e. The fourth-order valence-electron chi connectivity index (χ4n) is 1.30. The van der Waals surface area contributed by atoms with E-state index in [0.29, 0.717) is 6.61 Å². The zero-order valence-corrected chi connectivity index (χ0v) is 7.75. The standard InChI is InChI=1S/C9H15BO2/c1-9(2)7-11-10(12-9)6-5-8-3-4-8/h5-6,8H,3-4,7H2,1-2H3/b6-5+. The first-order valence-corrected chi connectivity index (χ1v) is 4.63. The minimum absolute atomic E-state index is 0.0967. The fraction of sp³-hybridized carbons (Fsp3) is 0.778. The van der Waals surface area contributed by atoms with Crippen molar-refractivity contribution in [2.75, 3.05) is 6.61 Å². The van der Waals surface area contributed by atoms with E-state index < -0.39 is 0 Å². The van der Waals surface area contributed by atoms with Crippen molar-refractivity contribution in [1.82, 2.24) is 0 Å². The molecule has 0 aromatic rings. The third-order valence-electron chi connectivity index (χ3n) is 2.19. The lowest BCUT2D eigenvalue weighted by Gasteiger charge is -2.14. The Bertz CT molecular complexity index is 197. The van der Waals surface area contributed by atoms with E-state index in [4.69, 9.17) is 9.31 Å². The minimum atomic E-state index is -0.0987. The summed E-state index contributed by atoms with van der Waals surface area (Å²) in [5.41, 5.74) is -0.0987. The molecule has 0 N–H and O–H groups in total. The van der Waals surface area contributed by atoms with Crippen molar-refractivity contribution in [3.05, 3.63) is 12.1 Å². The van der Waals surface area contributed by atoms with Crippen LogP contribution in [0.4, 0.5) is 0 Å². The van der Waals surface area contributed by atoms with Gasteiger partial charge in [0.15, 0.2) is 0 Å². The summed E-state index contributed by atoms with van der Waals surface area (Å²) < 4.78 is 11.1. The van der Waals surface area contributed by atoms with Gasteiger partial charge in [0.05, 0.1) is 12.2 Å². The first-order valence-electron chi connectivity index (χ1n) is 4.63. The Morgan fingerprint density at radius 1 is 1.42 bits per heavy atom. The Morgan fingerprint density at radius 3 is 2.67 bits per heavy atom. The summed E-state index contributed by atoms with van der Waals surface area (Å²) in [7, 11) is -0.0967. The molecule has 1 saturated heterocycles. The lowest BCUT2D eigenvalue weighted by Crippen LogP contribution is -2.23. The van der Waals surface area contributed by atoms with Gasteiger partial charge in [0.2, 0.25) is 0 Å². The Morgan fingerprint density at radius 2 is 2.17 bits per heavy atom. The van der Waals surface area contributed by atoms with Crippen LogP contribution in [0.3, 0.4) is 0 Å². The third-order valence-corrected chi connectivity index (χ3v) is 2.19. The molecule has 3 heteroatoms. The molecule has 1 heterocycles. The molecule has 12 heavy (non-hydrogen) atoms. The Kier molecular flexibility index (Phi) is 2.01. The quantitative estimate of drug-likeness (QED) is 0.582. The summed E-state index contributed by atoms with van der Waals surface area (Å²) in [6, 6.07) is 0. The van der Waals surface area contributed by atoms with Crippen molar-refractivity contribution < 1.29 is 9.31 Å². The van der Waals surface area contributed by atoms with Crippen LogP contribution in [0.1, 0.15) is 26.7 Å². The summed E-state index contributed by atoms with van der Waals surface area (Å²) in [6.45, 7) is 4.81. The predicted molar refractivity (Wildman–Crippen MR) is 48.7 cm³/mol. The van der Waals surface area contributed by atoms with Gasteiger partial charge in [-0.15, -0.1) is 0 Å². The second-order valence-electron chi connectivity index (χ2n) is 4.28. The number of rotatable bonds is 2. The molecule has 66 valence electrons. The molecule has 0 spiro atoms. The monoisotopic (exact) mass is 166 g/mol. The lowest BCUT2D eigenvalue weighted by molar-refractivity contribution is 0.137. The summed E-state index contributed by atoms with van der Waals surface area (Å²) in [6.07, 6.45) is 4.89. The Hall–Kier alpha value is -0.275. The van der Waals surface area contributed by atoms with Crippen LogP contribution >= 0.6 is 0 Å². The minimum Gasteiger partial charge on any atom is -0.405 e. The van der Waals surface area contributed by atoms with Gasteiger partial charge in [0.25, 0.3) is 0 Å². The second kappa shape index (κ2) is 2.89. The van der Waals surface area contributed by atoms with Gasteiger partial charge in [-0.1, -0.05) is 12.1 Å². The summed E-state index contributed by atoms with van der Waals surface area (Å²) >= 11 is 0. The van der Waals surface area contributed by atoms with Crippen molar-refractivity contribution in [2.24, 2.45) is 5.92 Å². The van der Waals surface area contributed by atoms with E-state index in [1.807, 2.05) is 5.98 Å². The summed E-state index contributed by atoms with van der Waals surface area (Å²) in [5.74, 6) is 2.85. The first kappa shape index (κ1) is 8.33.